The predicted molar refractivity (Wildman–Crippen MR) is 152 cm³/mol. The zero-order chi connectivity index (χ0) is 24.9. The summed E-state index contributed by atoms with van der Waals surface area (Å²) < 4.78 is 0. The molecule has 7 rings (SSSR count). The van der Waals surface area contributed by atoms with Gasteiger partial charge in [-0.15, -0.1) is 0 Å². The average molecular weight is 469 g/mol. The molecule has 174 valence electrons. The highest BCUT2D eigenvalue weighted by molar-refractivity contribution is 6.42. The Balaban J connectivity index is 1.91. The summed E-state index contributed by atoms with van der Waals surface area (Å²) in [6, 6.07) is 17.9. The molecular formula is C33H24O3. The van der Waals surface area contributed by atoms with Crippen molar-refractivity contribution in [2.75, 3.05) is 0 Å². The quantitative estimate of drug-likeness (QED) is 0.290. The van der Waals surface area contributed by atoms with Crippen LogP contribution in [0.1, 0.15) is 37.5 Å². The first-order chi connectivity index (χ1) is 17.5. The average Bonchev–Trinajstić information content (AvgIpc) is 3.48. The fourth-order valence-corrected chi connectivity index (χ4v) is 6.29. The highest BCUT2D eigenvalue weighted by atomic mass is 16.1. The van der Waals surface area contributed by atoms with Crippen LogP contribution in [0.2, 0.25) is 0 Å². The van der Waals surface area contributed by atoms with Crippen molar-refractivity contribution in [3.05, 3.63) is 102 Å². The van der Waals surface area contributed by atoms with Gasteiger partial charge in [-0.3, -0.25) is 14.4 Å². The molecule has 3 heteroatoms. The molecule has 0 aromatic heterocycles. The Hall–Kier alpha value is -4.11. The molecule has 7 aromatic rings. The number of aryl methyl sites for hydroxylation is 3. The van der Waals surface area contributed by atoms with Crippen molar-refractivity contribution >= 4 is 64.6 Å². The molecule has 36 heavy (non-hydrogen) atoms. The number of hydrogen-bond donors (Lipinski definition) is 0. The van der Waals surface area contributed by atoms with Crippen LogP contribution in [0.3, 0.4) is 0 Å². The second kappa shape index (κ2) is 7.20. The molecule has 0 bridgehead atoms. The fraction of sp³-hybridized carbons (Fsp3) is 0.182. The highest BCUT2D eigenvalue weighted by Crippen LogP contribution is 2.43. The van der Waals surface area contributed by atoms with E-state index in [4.69, 9.17) is 0 Å². The summed E-state index contributed by atoms with van der Waals surface area (Å²) in [5.74, 6) is 0. The molecular weight excluding hydrogens is 444 g/mol. The number of benzene rings is 4. The van der Waals surface area contributed by atoms with Crippen molar-refractivity contribution < 1.29 is 0 Å². The van der Waals surface area contributed by atoms with Crippen LogP contribution in [-0.4, -0.2) is 0 Å². The van der Waals surface area contributed by atoms with Gasteiger partial charge in [0, 0.05) is 48.5 Å². The molecule has 0 unspecified atom stereocenters. The van der Waals surface area contributed by atoms with Gasteiger partial charge in [-0.25, -0.2) is 0 Å². The van der Waals surface area contributed by atoms with Crippen LogP contribution < -0.4 is 16.3 Å². The van der Waals surface area contributed by atoms with Gasteiger partial charge >= 0.3 is 0 Å². The lowest BCUT2D eigenvalue weighted by atomic mass is 9.99. The number of hydrogen-bond acceptors (Lipinski definition) is 3. The van der Waals surface area contributed by atoms with Crippen LogP contribution in [-0.2, 0) is 19.3 Å². The first-order valence-electron chi connectivity index (χ1n) is 12.8. The van der Waals surface area contributed by atoms with Crippen molar-refractivity contribution in [2.24, 2.45) is 0 Å². The van der Waals surface area contributed by atoms with E-state index in [1.807, 2.05) is 54.6 Å². The highest BCUT2D eigenvalue weighted by Gasteiger charge is 2.27. The minimum Gasteiger partial charge on any atom is -0.289 e. The molecule has 0 fully saturated rings. The van der Waals surface area contributed by atoms with E-state index in [-0.39, 0.29) is 16.3 Å². The third-order valence-electron chi connectivity index (χ3n) is 8.20. The van der Waals surface area contributed by atoms with E-state index in [1.165, 1.54) is 0 Å². The summed E-state index contributed by atoms with van der Waals surface area (Å²) in [5, 5.41) is 7.93. The van der Waals surface area contributed by atoms with Gasteiger partial charge in [0.2, 0.25) is 0 Å². The maximum atomic E-state index is 14.0. The summed E-state index contributed by atoms with van der Waals surface area (Å²) in [7, 11) is 0. The molecule has 0 saturated carbocycles. The second-order valence-electron chi connectivity index (χ2n) is 9.94. The van der Waals surface area contributed by atoms with Crippen LogP contribution in [0.5, 0.6) is 0 Å². The normalized spacial score (nSPS) is 12.4. The van der Waals surface area contributed by atoms with Gasteiger partial charge < -0.3 is 0 Å². The van der Waals surface area contributed by atoms with E-state index < -0.39 is 0 Å². The summed E-state index contributed by atoms with van der Waals surface area (Å²) >= 11 is 0. The van der Waals surface area contributed by atoms with Crippen LogP contribution in [0.4, 0.5) is 0 Å². The van der Waals surface area contributed by atoms with Crippen LogP contribution in [0.15, 0.2) is 69.0 Å². The minimum absolute atomic E-state index is 0.0902. The zero-order valence-corrected chi connectivity index (χ0v) is 20.5. The van der Waals surface area contributed by atoms with Gasteiger partial charge in [0.25, 0.3) is 0 Å². The molecule has 0 amide bonds. The Morgan fingerprint density at radius 3 is 0.917 bits per heavy atom. The van der Waals surface area contributed by atoms with Crippen molar-refractivity contribution in [1.29, 1.82) is 0 Å². The Kier molecular flexibility index (Phi) is 4.24. The van der Waals surface area contributed by atoms with Crippen molar-refractivity contribution in [3.63, 3.8) is 0 Å². The van der Waals surface area contributed by atoms with E-state index in [2.05, 4.69) is 20.8 Å². The summed E-state index contributed by atoms with van der Waals surface area (Å²) in [6.45, 7) is 6.19. The Morgan fingerprint density at radius 1 is 0.389 bits per heavy atom. The number of fused-ring (bicyclic) bond motifs is 12. The SMILES string of the molecule is CCc1ccc2c(c1)c(=O)c1c2c2c(=O)c3cc(CC)ccc3c2c2c(=O)c3cc(CC)ccc3c12. The molecule has 7 aromatic carbocycles. The van der Waals surface area contributed by atoms with Gasteiger partial charge in [-0.1, -0.05) is 57.2 Å². The van der Waals surface area contributed by atoms with E-state index in [1.54, 1.807) is 0 Å². The largest absolute Gasteiger partial charge is 0.289 e. The van der Waals surface area contributed by atoms with Crippen molar-refractivity contribution in [3.8, 4) is 0 Å². The second-order valence-corrected chi connectivity index (χ2v) is 9.94. The van der Waals surface area contributed by atoms with E-state index in [0.717, 1.165) is 52.1 Å². The Labute approximate surface area is 206 Å². The lowest BCUT2D eigenvalue weighted by Crippen LogP contribution is -2.00. The van der Waals surface area contributed by atoms with Crippen molar-refractivity contribution in [1.82, 2.24) is 0 Å². The zero-order valence-electron chi connectivity index (χ0n) is 20.5. The molecule has 0 spiro atoms. The van der Waals surface area contributed by atoms with Gasteiger partial charge in [0.05, 0.1) is 0 Å². The molecule has 0 aliphatic carbocycles. The first kappa shape index (κ1) is 21.2. The van der Waals surface area contributed by atoms with Gasteiger partial charge in [-0.05, 0) is 70.3 Å². The van der Waals surface area contributed by atoms with Gasteiger partial charge in [-0.2, -0.15) is 0 Å². The molecule has 0 aliphatic rings. The Morgan fingerprint density at radius 2 is 0.667 bits per heavy atom. The summed E-state index contributed by atoms with van der Waals surface area (Å²) in [4.78, 5) is 42.0. The topological polar surface area (TPSA) is 51.2 Å². The standard InChI is InChI=1S/C33H24O3/c1-4-16-7-10-19-22(13-16)31(34)28-25(19)29-27(21-12-9-18(6-3)15-24(21)32(29)35)30-26(28)20-11-8-17(5-2)14-23(20)33(30)36/h7-15H,4-6H2,1-3H3. The van der Waals surface area contributed by atoms with Gasteiger partial charge in [0.1, 0.15) is 0 Å². The summed E-state index contributed by atoms with van der Waals surface area (Å²) in [5.41, 5.74) is 2.96. The minimum atomic E-state index is -0.0902. The molecule has 0 N–H and O–H groups in total. The van der Waals surface area contributed by atoms with Crippen LogP contribution in [0.25, 0.3) is 64.6 Å². The molecule has 0 atom stereocenters. The molecule has 0 heterocycles. The predicted octanol–water partition coefficient (Wildman–Crippen LogP) is 6.69. The number of rotatable bonds is 3. The van der Waals surface area contributed by atoms with Crippen molar-refractivity contribution in [2.45, 2.75) is 40.0 Å². The fourth-order valence-electron chi connectivity index (χ4n) is 6.29. The molecule has 3 nitrogen and oxygen atoms in total. The monoisotopic (exact) mass is 468 g/mol. The lowest BCUT2D eigenvalue weighted by Gasteiger charge is -2.02. The first-order valence-corrected chi connectivity index (χ1v) is 12.8. The third-order valence-corrected chi connectivity index (χ3v) is 8.20. The molecule has 0 saturated heterocycles. The Bertz CT molecular complexity index is 1930. The molecule has 0 aliphatic heterocycles. The van der Waals surface area contributed by atoms with E-state index in [0.29, 0.717) is 48.5 Å². The van der Waals surface area contributed by atoms with E-state index >= 15 is 0 Å². The third kappa shape index (κ3) is 2.45. The smallest absolute Gasteiger partial charge is 0.194 e. The maximum Gasteiger partial charge on any atom is 0.194 e. The van der Waals surface area contributed by atoms with E-state index in [9.17, 15) is 14.4 Å². The van der Waals surface area contributed by atoms with Crippen LogP contribution >= 0.6 is 0 Å². The summed E-state index contributed by atoms with van der Waals surface area (Å²) in [6.07, 6.45) is 2.45. The molecule has 0 radical (unpaired) electrons. The van der Waals surface area contributed by atoms with Crippen LogP contribution in [0, 0.1) is 0 Å². The maximum absolute atomic E-state index is 14.0. The van der Waals surface area contributed by atoms with Gasteiger partial charge in [0.15, 0.2) is 16.3 Å². The lowest BCUT2D eigenvalue weighted by molar-refractivity contribution is 1.15.